The Bertz CT molecular complexity index is 748. The zero-order chi connectivity index (χ0) is 17.5. The highest BCUT2D eigenvalue weighted by Crippen LogP contribution is 2.28. The molecule has 1 amide bonds. The van der Waals surface area contributed by atoms with Gasteiger partial charge in [-0.2, -0.15) is 0 Å². The van der Waals surface area contributed by atoms with Gasteiger partial charge in [0.15, 0.2) is 12.9 Å². The van der Waals surface area contributed by atoms with E-state index in [1.807, 2.05) is 0 Å². The lowest BCUT2D eigenvalue weighted by Crippen LogP contribution is -2.20. The van der Waals surface area contributed by atoms with Gasteiger partial charge in [0.25, 0.3) is 5.91 Å². The molecule has 6 nitrogen and oxygen atoms in total. The molecule has 7 heteroatoms. The molecule has 2 rings (SSSR count). The molecule has 0 saturated carbocycles. The summed E-state index contributed by atoms with van der Waals surface area (Å²) in [4.78, 5) is 23.1. The minimum atomic E-state index is -0.414. The molecule has 24 heavy (non-hydrogen) atoms. The van der Waals surface area contributed by atoms with E-state index in [0.29, 0.717) is 39.8 Å². The van der Waals surface area contributed by atoms with E-state index in [0.717, 1.165) is 0 Å². The van der Waals surface area contributed by atoms with Crippen LogP contribution in [0.4, 0.5) is 5.69 Å². The van der Waals surface area contributed by atoms with E-state index in [1.54, 1.807) is 30.3 Å². The minimum absolute atomic E-state index is 0.275. The van der Waals surface area contributed by atoms with E-state index in [-0.39, 0.29) is 6.61 Å². The Kier molecular flexibility index (Phi) is 6.03. The lowest BCUT2D eigenvalue weighted by atomic mass is 10.2. The van der Waals surface area contributed by atoms with Crippen LogP contribution in [0.1, 0.15) is 10.4 Å². The van der Waals surface area contributed by atoms with E-state index in [2.05, 4.69) is 5.32 Å². The maximum absolute atomic E-state index is 12.0. The van der Waals surface area contributed by atoms with Crippen LogP contribution >= 0.6 is 11.6 Å². The van der Waals surface area contributed by atoms with Gasteiger partial charge in [-0.3, -0.25) is 9.59 Å². The molecule has 0 saturated heterocycles. The SMILES string of the molecule is COc1ccc(OCC(=O)Nc2cc(Cl)ccc2OC)c(C=O)c1. The predicted molar refractivity (Wildman–Crippen MR) is 90.5 cm³/mol. The van der Waals surface area contributed by atoms with Gasteiger partial charge >= 0.3 is 0 Å². The van der Waals surface area contributed by atoms with Gasteiger partial charge in [-0.1, -0.05) is 11.6 Å². The first-order chi connectivity index (χ1) is 11.6. The maximum Gasteiger partial charge on any atom is 0.262 e. The first-order valence-electron chi connectivity index (χ1n) is 6.96. The molecular weight excluding hydrogens is 334 g/mol. The van der Waals surface area contributed by atoms with Crippen molar-refractivity contribution in [2.75, 3.05) is 26.1 Å². The standard InChI is InChI=1S/C17H16ClNO5/c1-22-13-4-6-15(11(7-13)9-20)24-10-17(21)19-14-8-12(18)3-5-16(14)23-2/h3-9H,10H2,1-2H3,(H,19,21). The number of hydrogen-bond acceptors (Lipinski definition) is 5. The monoisotopic (exact) mass is 349 g/mol. The number of carbonyl (C=O) groups excluding carboxylic acids is 2. The highest BCUT2D eigenvalue weighted by molar-refractivity contribution is 6.31. The van der Waals surface area contributed by atoms with Crippen molar-refractivity contribution in [2.45, 2.75) is 0 Å². The van der Waals surface area contributed by atoms with Crippen molar-refractivity contribution >= 4 is 29.5 Å². The fourth-order valence-corrected chi connectivity index (χ4v) is 2.16. The highest BCUT2D eigenvalue weighted by Gasteiger charge is 2.11. The maximum atomic E-state index is 12.0. The molecule has 0 fully saturated rings. The minimum Gasteiger partial charge on any atom is -0.497 e. The third-order valence-electron chi connectivity index (χ3n) is 3.14. The van der Waals surface area contributed by atoms with Crippen LogP contribution < -0.4 is 19.5 Å². The fourth-order valence-electron chi connectivity index (χ4n) is 1.98. The number of rotatable bonds is 7. The number of nitrogens with one attached hydrogen (secondary N) is 1. The molecule has 0 aliphatic carbocycles. The zero-order valence-electron chi connectivity index (χ0n) is 13.2. The summed E-state index contributed by atoms with van der Waals surface area (Å²) in [6, 6.07) is 9.60. The zero-order valence-corrected chi connectivity index (χ0v) is 13.9. The van der Waals surface area contributed by atoms with Crippen molar-refractivity contribution in [3.05, 3.63) is 47.0 Å². The molecule has 0 radical (unpaired) electrons. The van der Waals surface area contributed by atoms with E-state index in [9.17, 15) is 9.59 Å². The topological polar surface area (TPSA) is 73.9 Å². The van der Waals surface area contributed by atoms with Gasteiger partial charge in [-0.15, -0.1) is 0 Å². The normalized spacial score (nSPS) is 9.96. The van der Waals surface area contributed by atoms with Crippen LogP contribution in [-0.4, -0.2) is 33.0 Å². The summed E-state index contributed by atoms with van der Waals surface area (Å²) in [7, 11) is 2.99. The van der Waals surface area contributed by atoms with E-state index in [4.69, 9.17) is 25.8 Å². The molecule has 0 aliphatic heterocycles. The number of methoxy groups -OCH3 is 2. The Morgan fingerprint density at radius 2 is 1.88 bits per heavy atom. The second kappa shape index (κ2) is 8.21. The van der Waals surface area contributed by atoms with Crippen LogP contribution in [0.3, 0.4) is 0 Å². The number of carbonyl (C=O) groups is 2. The van der Waals surface area contributed by atoms with Crippen LogP contribution in [0.5, 0.6) is 17.2 Å². The molecule has 0 bridgehead atoms. The summed E-state index contributed by atoms with van der Waals surface area (Å²) >= 11 is 5.91. The van der Waals surface area contributed by atoms with Crippen molar-refractivity contribution in [1.29, 1.82) is 0 Å². The lowest BCUT2D eigenvalue weighted by Gasteiger charge is -2.12. The summed E-state index contributed by atoms with van der Waals surface area (Å²) in [6.45, 7) is -0.275. The second-order valence-corrected chi connectivity index (χ2v) is 5.14. The largest absolute Gasteiger partial charge is 0.497 e. The molecule has 0 atom stereocenters. The Balaban J connectivity index is 2.04. The lowest BCUT2D eigenvalue weighted by molar-refractivity contribution is -0.118. The Morgan fingerprint density at radius 3 is 2.54 bits per heavy atom. The summed E-state index contributed by atoms with van der Waals surface area (Å²) in [6.07, 6.45) is 0.635. The molecule has 1 N–H and O–H groups in total. The molecular formula is C17H16ClNO5. The third-order valence-corrected chi connectivity index (χ3v) is 3.37. The van der Waals surface area contributed by atoms with Crippen molar-refractivity contribution in [3.63, 3.8) is 0 Å². The summed E-state index contributed by atoms with van der Waals surface area (Å²) in [5.74, 6) is 0.880. The van der Waals surface area contributed by atoms with Gasteiger partial charge in [0.1, 0.15) is 17.2 Å². The van der Waals surface area contributed by atoms with Crippen molar-refractivity contribution < 1.29 is 23.8 Å². The Hall–Kier alpha value is -2.73. The molecule has 126 valence electrons. The van der Waals surface area contributed by atoms with Crippen LogP contribution in [0.2, 0.25) is 5.02 Å². The van der Waals surface area contributed by atoms with Gasteiger partial charge < -0.3 is 19.5 Å². The first-order valence-corrected chi connectivity index (χ1v) is 7.34. The molecule has 0 aromatic heterocycles. The van der Waals surface area contributed by atoms with Crippen molar-refractivity contribution in [2.24, 2.45) is 0 Å². The highest BCUT2D eigenvalue weighted by atomic mass is 35.5. The predicted octanol–water partition coefficient (Wildman–Crippen LogP) is 3.19. The van der Waals surface area contributed by atoms with Gasteiger partial charge in [0.05, 0.1) is 25.5 Å². The van der Waals surface area contributed by atoms with Gasteiger partial charge in [0, 0.05) is 5.02 Å². The number of aldehydes is 1. The summed E-state index contributed by atoms with van der Waals surface area (Å²) in [5, 5.41) is 3.11. The second-order valence-electron chi connectivity index (χ2n) is 4.70. The van der Waals surface area contributed by atoms with E-state index >= 15 is 0 Å². The average Bonchev–Trinajstić information content (AvgIpc) is 2.60. The van der Waals surface area contributed by atoms with Crippen LogP contribution in [0, 0.1) is 0 Å². The van der Waals surface area contributed by atoms with E-state index < -0.39 is 5.91 Å². The van der Waals surface area contributed by atoms with Gasteiger partial charge in [-0.05, 0) is 36.4 Å². The smallest absolute Gasteiger partial charge is 0.262 e. The van der Waals surface area contributed by atoms with E-state index in [1.165, 1.54) is 20.3 Å². The number of amides is 1. The van der Waals surface area contributed by atoms with Crippen LogP contribution in [0.15, 0.2) is 36.4 Å². The molecule has 2 aromatic carbocycles. The molecule has 0 heterocycles. The molecule has 0 aliphatic rings. The third kappa shape index (κ3) is 4.39. The van der Waals surface area contributed by atoms with Gasteiger partial charge in [-0.25, -0.2) is 0 Å². The van der Waals surface area contributed by atoms with Crippen molar-refractivity contribution in [3.8, 4) is 17.2 Å². The number of benzene rings is 2. The van der Waals surface area contributed by atoms with Crippen LogP contribution in [0.25, 0.3) is 0 Å². The fraction of sp³-hybridized carbons (Fsp3) is 0.176. The van der Waals surface area contributed by atoms with Crippen molar-refractivity contribution in [1.82, 2.24) is 0 Å². The quantitative estimate of drug-likeness (QED) is 0.777. The molecule has 2 aromatic rings. The summed E-state index contributed by atoms with van der Waals surface area (Å²) in [5.41, 5.74) is 0.728. The Labute approximate surface area is 144 Å². The molecule has 0 unspecified atom stereocenters. The first kappa shape index (κ1) is 17.6. The number of hydrogen-bond donors (Lipinski definition) is 1. The number of halogens is 1. The number of ether oxygens (including phenoxy) is 3. The Morgan fingerprint density at radius 1 is 1.12 bits per heavy atom. The number of anilines is 1. The summed E-state index contributed by atoms with van der Waals surface area (Å²) < 4.78 is 15.6. The van der Waals surface area contributed by atoms with Crippen LogP contribution in [-0.2, 0) is 4.79 Å². The van der Waals surface area contributed by atoms with Gasteiger partial charge in [0.2, 0.25) is 0 Å². The molecule has 0 spiro atoms. The average molecular weight is 350 g/mol.